The van der Waals surface area contributed by atoms with Crippen molar-refractivity contribution >= 4 is 29.4 Å². The number of amides is 3. The van der Waals surface area contributed by atoms with Crippen molar-refractivity contribution in [1.82, 2.24) is 10.2 Å². The van der Waals surface area contributed by atoms with E-state index in [0.717, 1.165) is 11.1 Å². The van der Waals surface area contributed by atoms with Gasteiger partial charge in [0.1, 0.15) is 23.7 Å². The number of aliphatic hydroxyl groups is 1. The van der Waals surface area contributed by atoms with Gasteiger partial charge in [0.05, 0.1) is 30.7 Å². The highest BCUT2D eigenvalue weighted by Crippen LogP contribution is 2.56. The second-order valence-corrected chi connectivity index (χ2v) is 14.3. The molecule has 0 aromatic heterocycles. The number of likely N-dealkylation sites (tertiary alicyclic amines) is 1. The maximum Gasteiger partial charge on any atom is 0.313 e. The number of hydrogen-bond donors (Lipinski definition) is 2. The second-order valence-electron chi connectivity index (χ2n) is 14.3. The number of rotatable bonds is 6. The van der Waals surface area contributed by atoms with E-state index in [-0.39, 0.29) is 37.3 Å². The Bertz CT molecular complexity index is 1650. The molecule has 3 amide bonds. The first-order valence-corrected chi connectivity index (χ1v) is 17.4. The molecule has 1 spiro atoms. The summed E-state index contributed by atoms with van der Waals surface area (Å²) in [6.07, 6.45) is 6.75. The van der Waals surface area contributed by atoms with Gasteiger partial charge < -0.3 is 29.7 Å². The Kier molecular flexibility index (Phi) is 9.82. The van der Waals surface area contributed by atoms with E-state index in [1.807, 2.05) is 88.4 Å². The summed E-state index contributed by atoms with van der Waals surface area (Å²) in [4.78, 5) is 60.5. The number of anilines is 1. The topological polar surface area (TPSA) is 125 Å². The van der Waals surface area contributed by atoms with Crippen LogP contribution in [0, 0.1) is 31.6 Å². The molecule has 4 aliphatic rings. The standard InChI is InChI=1S/C39H47N3O7/c1-23(2)20-28(22-43)42-35-37(46)41(29-21-24(3)15-16-25(29)4)19-11-7-10-14-31(44)40-26(5)34(27-12-8-6-9-13-27)48-38(47)32-30-17-18-39(35,49-30)33(32)36(42)45/h6-9,11-13,15-18,21,23,26,28,30,32-35,43H,10,14,19-20,22H2,1-5H3,(H,40,44)/b11-7-/t26-,28+,30+,32-,33-,34+,35+,39-/m0/s1. The number of carbonyl (C=O) groups excluding carboxylic acids is 4. The number of cyclic esters (lactones) is 1. The lowest BCUT2D eigenvalue weighted by atomic mass is 9.74. The highest BCUT2D eigenvalue weighted by Gasteiger charge is 2.74. The molecule has 10 heteroatoms. The maximum atomic E-state index is 15.2. The quantitative estimate of drug-likeness (QED) is 0.347. The Hall–Kier alpha value is -4.28. The Morgan fingerprint density at radius 1 is 1.02 bits per heavy atom. The van der Waals surface area contributed by atoms with E-state index in [0.29, 0.717) is 24.1 Å². The summed E-state index contributed by atoms with van der Waals surface area (Å²) in [5.74, 6) is -3.58. The third-order valence-electron chi connectivity index (χ3n) is 10.3. The number of allylic oxidation sites excluding steroid dienone is 1. The summed E-state index contributed by atoms with van der Waals surface area (Å²) < 4.78 is 12.9. The molecule has 0 radical (unpaired) electrons. The molecule has 10 nitrogen and oxygen atoms in total. The molecule has 5 bridgehead atoms. The molecule has 8 atom stereocenters. The van der Waals surface area contributed by atoms with Crippen LogP contribution in [0.15, 0.2) is 72.8 Å². The summed E-state index contributed by atoms with van der Waals surface area (Å²) in [5.41, 5.74) is 1.78. The van der Waals surface area contributed by atoms with Crippen LogP contribution < -0.4 is 10.2 Å². The first-order valence-electron chi connectivity index (χ1n) is 17.4. The Morgan fingerprint density at radius 3 is 2.49 bits per heavy atom. The van der Waals surface area contributed by atoms with Crippen LogP contribution in [0.3, 0.4) is 0 Å². The van der Waals surface area contributed by atoms with Gasteiger partial charge in [-0.15, -0.1) is 0 Å². The molecule has 2 saturated heterocycles. The van der Waals surface area contributed by atoms with Crippen LogP contribution in [-0.2, 0) is 28.7 Å². The van der Waals surface area contributed by atoms with Gasteiger partial charge in [0.2, 0.25) is 11.8 Å². The zero-order valence-corrected chi connectivity index (χ0v) is 28.9. The Balaban J connectivity index is 1.49. The lowest BCUT2D eigenvalue weighted by Crippen LogP contribution is -2.59. The summed E-state index contributed by atoms with van der Waals surface area (Å²) in [7, 11) is 0. The van der Waals surface area contributed by atoms with Crippen LogP contribution in [0.2, 0.25) is 0 Å². The van der Waals surface area contributed by atoms with E-state index in [1.165, 1.54) is 4.90 Å². The van der Waals surface area contributed by atoms with Crippen LogP contribution in [0.5, 0.6) is 0 Å². The van der Waals surface area contributed by atoms with Gasteiger partial charge in [0, 0.05) is 18.7 Å². The van der Waals surface area contributed by atoms with E-state index in [9.17, 15) is 19.5 Å². The first kappa shape index (κ1) is 34.6. The summed E-state index contributed by atoms with van der Waals surface area (Å²) in [5, 5.41) is 13.7. The summed E-state index contributed by atoms with van der Waals surface area (Å²) in [6.45, 7) is 9.52. The number of carbonyl (C=O) groups is 4. The van der Waals surface area contributed by atoms with Crippen molar-refractivity contribution in [3.05, 3.63) is 89.5 Å². The number of esters is 1. The third-order valence-corrected chi connectivity index (χ3v) is 10.3. The molecule has 2 fully saturated rings. The van der Waals surface area contributed by atoms with Crippen LogP contribution in [0.25, 0.3) is 0 Å². The zero-order chi connectivity index (χ0) is 35.0. The van der Waals surface area contributed by atoms with E-state index < -0.39 is 59.6 Å². The van der Waals surface area contributed by atoms with Gasteiger partial charge in [0.15, 0.2) is 0 Å². The van der Waals surface area contributed by atoms with Crippen molar-refractivity contribution < 1.29 is 33.8 Å². The average molecular weight is 670 g/mol. The average Bonchev–Trinajstić information content (AvgIpc) is 3.72. The lowest BCUT2D eigenvalue weighted by Gasteiger charge is -2.39. The van der Waals surface area contributed by atoms with Gasteiger partial charge in [-0.2, -0.15) is 0 Å². The number of ether oxygens (including phenoxy) is 2. The molecule has 4 heterocycles. The summed E-state index contributed by atoms with van der Waals surface area (Å²) >= 11 is 0. The van der Waals surface area contributed by atoms with Gasteiger partial charge in [-0.1, -0.05) is 80.6 Å². The van der Waals surface area contributed by atoms with Crippen molar-refractivity contribution in [3.63, 3.8) is 0 Å². The van der Waals surface area contributed by atoms with E-state index in [1.54, 1.807) is 24.0 Å². The monoisotopic (exact) mass is 669 g/mol. The molecule has 0 saturated carbocycles. The fourth-order valence-electron chi connectivity index (χ4n) is 8.05. The van der Waals surface area contributed by atoms with Crippen LogP contribution in [0.1, 0.15) is 62.8 Å². The minimum Gasteiger partial charge on any atom is -0.455 e. The van der Waals surface area contributed by atoms with Crippen molar-refractivity contribution in [2.45, 2.75) is 89.8 Å². The molecule has 2 N–H and O–H groups in total. The van der Waals surface area contributed by atoms with E-state index in [2.05, 4.69) is 5.32 Å². The van der Waals surface area contributed by atoms with Crippen molar-refractivity contribution in [1.29, 1.82) is 0 Å². The van der Waals surface area contributed by atoms with Crippen molar-refractivity contribution in [3.8, 4) is 0 Å². The van der Waals surface area contributed by atoms with Gasteiger partial charge in [-0.05, 0) is 62.3 Å². The smallest absolute Gasteiger partial charge is 0.313 e. The zero-order valence-electron chi connectivity index (χ0n) is 28.9. The number of fused-ring (bicyclic) bond motifs is 2. The Labute approximate surface area is 288 Å². The fourth-order valence-corrected chi connectivity index (χ4v) is 8.05. The van der Waals surface area contributed by atoms with Crippen LogP contribution in [-0.4, -0.2) is 76.7 Å². The Morgan fingerprint density at radius 2 is 1.78 bits per heavy atom. The van der Waals surface area contributed by atoms with Gasteiger partial charge in [-0.25, -0.2) is 0 Å². The van der Waals surface area contributed by atoms with E-state index in [4.69, 9.17) is 9.47 Å². The molecule has 6 rings (SSSR count). The highest BCUT2D eigenvalue weighted by atomic mass is 16.6. The number of aryl methyl sites for hydroxylation is 2. The van der Waals surface area contributed by atoms with Gasteiger partial charge in [-0.3, -0.25) is 19.2 Å². The van der Waals surface area contributed by atoms with Gasteiger partial charge in [0.25, 0.3) is 5.91 Å². The molecular formula is C39H47N3O7. The maximum absolute atomic E-state index is 15.2. The number of aliphatic hydroxyl groups excluding tert-OH is 1. The summed E-state index contributed by atoms with van der Waals surface area (Å²) in [6, 6.07) is 12.7. The third kappa shape index (κ3) is 6.32. The largest absolute Gasteiger partial charge is 0.455 e. The number of nitrogens with one attached hydrogen (secondary N) is 1. The molecular weight excluding hydrogens is 622 g/mol. The van der Waals surface area contributed by atoms with E-state index >= 15 is 4.79 Å². The predicted octanol–water partition coefficient (Wildman–Crippen LogP) is 4.33. The number of benzene rings is 2. The second kappa shape index (κ2) is 13.9. The highest BCUT2D eigenvalue weighted by molar-refractivity contribution is 6.05. The molecule has 2 aromatic rings. The van der Waals surface area contributed by atoms with Crippen molar-refractivity contribution in [2.75, 3.05) is 18.1 Å². The minimum atomic E-state index is -1.44. The fraction of sp³-hybridized carbons (Fsp3) is 0.487. The molecule has 0 unspecified atom stereocenters. The normalized spacial score (nSPS) is 31.6. The van der Waals surface area contributed by atoms with Crippen LogP contribution >= 0.6 is 0 Å². The van der Waals surface area contributed by atoms with Gasteiger partial charge >= 0.3 is 5.97 Å². The molecule has 2 aromatic carbocycles. The number of hydrogen-bond acceptors (Lipinski definition) is 7. The molecule has 260 valence electrons. The SMILES string of the molecule is Cc1ccc(C)c(N2C/C=C\CCC(=O)N[C@@H](C)[C@H](c3ccccc3)OC(=O)[C@@H]3[C@H]4C(=O)N([C@@H](CO)CC(C)C)[C@H](C2=O)[C@]42C=C[C@H]3O2)c1. The van der Waals surface area contributed by atoms with Crippen molar-refractivity contribution in [2.24, 2.45) is 17.8 Å². The molecule has 49 heavy (non-hydrogen) atoms. The molecule has 0 aliphatic carbocycles. The minimum absolute atomic E-state index is 0.110. The number of nitrogens with zero attached hydrogens (tertiary/aromatic N) is 2. The lowest BCUT2D eigenvalue weighted by molar-refractivity contribution is -0.161. The predicted molar refractivity (Wildman–Crippen MR) is 184 cm³/mol. The van der Waals surface area contributed by atoms with Crippen LogP contribution in [0.4, 0.5) is 5.69 Å². The molecule has 4 aliphatic heterocycles. The first-order chi connectivity index (χ1) is 23.5.